The molecule has 0 saturated carbocycles. The summed E-state index contributed by atoms with van der Waals surface area (Å²) in [6.45, 7) is 4.96. The normalized spacial score (nSPS) is 12.4. The van der Waals surface area contributed by atoms with Crippen molar-refractivity contribution in [3.63, 3.8) is 0 Å². The molecule has 0 spiro atoms. The number of alkyl halides is 3. The van der Waals surface area contributed by atoms with E-state index in [1.165, 1.54) is 0 Å². The van der Waals surface area contributed by atoms with Crippen LogP contribution in [0.4, 0.5) is 13.2 Å². The van der Waals surface area contributed by atoms with Crippen LogP contribution in [-0.4, -0.2) is 21.8 Å². The maximum absolute atomic E-state index is 12.0. The lowest BCUT2D eigenvalue weighted by Gasteiger charge is -2.11. The molecule has 0 aliphatic heterocycles. The third kappa shape index (κ3) is 5.72. The minimum atomic E-state index is -4.07. The number of halogens is 3. The molecule has 0 saturated heterocycles. The summed E-state index contributed by atoms with van der Waals surface area (Å²) in [4.78, 5) is 4.12. The molecule has 0 aromatic carbocycles. The Kier molecular flexibility index (Phi) is 4.99. The van der Waals surface area contributed by atoms with Crippen LogP contribution in [0.3, 0.4) is 0 Å². The van der Waals surface area contributed by atoms with Crippen molar-refractivity contribution in [2.24, 2.45) is 0 Å². The summed E-state index contributed by atoms with van der Waals surface area (Å²) in [7, 11) is 0. The topological polar surface area (TPSA) is 29.9 Å². The molecule has 0 bridgehead atoms. The average Bonchev–Trinajstić information content (AvgIpc) is 2.60. The molecule has 3 nitrogen and oxygen atoms in total. The molecule has 98 valence electrons. The molecule has 6 heteroatoms. The largest absolute Gasteiger partial charge is 0.389 e. The molecule has 0 unspecified atom stereocenters. The molecule has 1 heterocycles. The number of aryl methyl sites for hydroxylation is 1. The summed E-state index contributed by atoms with van der Waals surface area (Å²) in [5.74, 6) is 0.779. The molecule has 1 aromatic rings. The smallest absolute Gasteiger partial charge is 0.334 e. The number of hydrogen-bond donors (Lipinski definition) is 1. The van der Waals surface area contributed by atoms with Crippen molar-refractivity contribution in [1.29, 1.82) is 0 Å². The predicted molar refractivity (Wildman–Crippen MR) is 59.5 cm³/mol. The molecule has 0 aliphatic rings. The number of rotatable bonds is 6. The molecular weight excluding hydrogens is 231 g/mol. The fourth-order valence-electron chi connectivity index (χ4n) is 1.46. The molecule has 1 aromatic heterocycles. The van der Waals surface area contributed by atoms with Crippen LogP contribution in [0.25, 0.3) is 0 Å². The molecule has 0 atom stereocenters. The van der Waals surface area contributed by atoms with E-state index in [4.69, 9.17) is 0 Å². The SMILES string of the molecule is CC(C)NCc1nccn1CCCC(F)(F)F. The van der Waals surface area contributed by atoms with Crippen LogP contribution in [0, 0.1) is 0 Å². The van der Waals surface area contributed by atoms with Crippen LogP contribution in [-0.2, 0) is 13.1 Å². The Labute approximate surface area is 99.0 Å². The van der Waals surface area contributed by atoms with Crippen molar-refractivity contribution < 1.29 is 13.2 Å². The van der Waals surface area contributed by atoms with Gasteiger partial charge in [0.2, 0.25) is 0 Å². The monoisotopic (exact) mass is 249 g/mol. The maximum atomic E-state index is 12.0. The van der Waals surface area contributed by atoms with E-state index in [1.807, 2.05) is 13.8 Å². The van der Waals surface area contributed by atoms with Crippen LogP contribution in [0.5, 0.6) is 0 Å². The van der Waals surface area contributed by atoms with Gasteiger partial charge in [0.1, 0.15) is 5.82 Å². The fourth-order valence-corrected chi connectivity index (χ4v) is 1.46. The van der Waals surface area contributed by atoms with E-state index in [2.05, 4.69) is 10.3 Å². The summed E-state index contributed by atoms with van der Waals surface area (Å²) in [5, 5.41) is 3.19. The van der Waals surface area contributed by atoms with E-state index in [9.17, 15) is 13.2 Å². The summed E-state index contributed by atoms with van der Waals surface area (Å²) in [6, 6.07) is 0.329. The molecule has 17 heavy (non-hydrogen) atoms. The lowest BCUT2D eigenvalue weighted by molar-refractivity contribution is -0.135. The second kappa shape index (κ2) is 6.05. The fraction of sp³-hybridized carbons (Fsp3) is 0.727. The number of nitrogens with one attached hydrogen (secondary N) is 1. The second-order valence-corrected chi connectivity index (χ2v) is 4.29. The van der Waals surface area contributed by atoms with Crippen LogP contribution >= 0.6 is 0 Å². The van der Waals surface area contributed by atoms with Gasteiger partial charge in [0.15, 0.2) is 0 Å². The first-order valence-electron chi connectivity index (χ1n) is 5.68. The van der Waals surface area contributed by atoms with Gasteiger partial charge in [0, 0.05) is 31.4 Å². The van der Waals surface area contributed by atoms with Crippen molar-refractivity contribution in [3.8, 4) is 0 Å². The summed E-state index contributed by atoms with van der Waals surface area (Å²) >= 11 is 0. The van der Waals surface area contributed by atoms with Crippen molar-refractivity contribution in [2.45, 2.75) is 52.0 Å². The minimum absolute atomic E-state index is 0.0918. The Morgan fingerprint density at radius 2 is 2.12 bits per heavy atom. The Morgan fingerprint density at radius 1 is 1.41 bits per heavy atom. The molecule has 0 aliphatic carbocycles. The van der Waals surface area contributed by atoms with E-state index in [1.54, 1.807) is 17.0 Å². The lowest BCUT2D eigenvalue weighted by Crippen LogP contribution is -2.24. The van der Waals surface area contributed by atoms with Gasteiger partial charge in [-0.2, -0.15) is 13.2 Å². The van der Waals surface area contributed by atoms with E-state index < -0.39 is 12.6 Å². The molecule has 0 amide bonds. The number of nitrogens with zero attached hydrogens (tertiary/aromatic N) is 2. The van der Waals surface area contributed by atoms with Crippen LogP contribution in [0.15, 0.2) is 12.4 Å². The van der Waals surface area contributed by atoms with Crippen molar-refractivity contribution in [1.82, 2.24) is 14.9 Å². The molecule has 1 rings (SSSR count). The average molecular weight is 249 g/mol. The van der Waals surface area contributed by atoms with Gasteiger partial charge in [-0.1, -0.05) is 13.8 Å². The number of aromatic nitrogens is 2. The summed E-state index contributed by atoms with van der Waals surface area (Å²) in [5.41, 5.74) is 0. The number of imidazole rings is 1. The molecular formula is C11H18F3N3. The highest BCUT2D eigenvalue weighted by Crippen LogP contribution is 2.21. The lowest BCUT2D eigenvalue weighted by atomic mass is 10.3. The molecule has 0 radical (unpaired) electrons. The Balaban J connectivity index is 2.40. The van der Waals surface area contributed by atoms with Gasteiger partial charge in [-0.05, 0) is 6.42 Å². The first-order valence-corrected chi connectivity index (χ1v) is 5.68. The third-order valence-electron chi connectivity index (χ3n) is 2.33. The van der Waals surface area contributed by atoms with Gasteiger partial charge in [-0.15, -0.1) is 0 Å². The second-order valence-electron chi connectivity index (χ2n) is 4.29. The van der Waals surface area contributed by atoms with E-state index in [-0.39, 0.29) is 6.42 Å². The highest BCUT2D eigenvalue weighted by atomic mass is 19.4. The summed E-state index contributed by atoms with van der Waals surface area (Å²) < 4.78 is 37.8. The zero-order valence-corrected chi connectivity index (χ0v) is 10.1. The van der Waals surface area contributed by atoms with Crippen molar-refractivity contribution in [3.05, 3.63) is 18.2 Å². The highest BCUT2D eigenvalue weighted by molar-refractivity contribution is 4.92. The van der Waals surface area contributed by atoms with Crippen LogP contribution < -0.4 is 5.32 Å². The zero-order chi connectivity index (χ0) is 12.9. The van der Waals surface area contributed by atoms with Gasteiger partial charge in [0.05, 0.1) is 6.54 Å². The highest BCUT2D eigenvalue weighted by Gasteiger charge is 2.26. The van der Waals surface area contributed by atoms with Gasteiger partial charge >= 0.3 is 6.18 Å². The standard InChI is InChI=1S/C11H18F3N3/c1-9(2)16-8-10-15-5-7-17(10)6-3-4-11(12,13)14/h5,7,9,16H,3-4,6,8H2,1-2H3. The quantitative estimate of drug-likeness (QED) is 0.840. The third-order valence-corrected chi connectivity index (χ3v) is 2.33. The van der Waals surface area contributed by atoms with Gasteiger partial charge in [-0.3, -0.25) is 0 Å². The summed E-state index contributed by atoms with van der Waals surface area (Å²) in [6.07, 6.45) is -1.40. The Bertz CT molecular complexity index is 331. The van der Waals surface area contributed by atoms with Gasteiger partial charge < -0.3 is 9.88 Å². The van der Waals surface area contributed by atoms with Crippen LogP contribution in [0.1, 0.15) is 32.5 Å². The van der Waals surface area contributed by atoms with E-state index >= 15 is 0 Å². The Morgan fingerprint density at radius 3 is 2.71 bits per heavy atom. The van der Waals surface area contributed by atoms with E-state index in [0.29, 0.717) is 19.1 Å². The maximum Gasteiger partial charge on any atom is 0.389 e. The predicted octanol–water partition coefficient (Wildman–Crippen LogP) is 2.72. The zero-order valence-electron chi connectivity index (χ0n) is 10.1. The van der Waals surface area contributed by atoms with Crippen molar-refractivity contribution in [2.75, 3.05) is 0 Å². The molecule has 0 fully saturated rings. The molecule has 1 N–H and O–H groups in total. The Hall–Kier alpha value is -1.04. The van der Waals surface area contributed by atoms with Crippen LogP contribution in [0.2, 0.25) is 0 Å². The van der Waals surface area contributed by atoms with Crippen molar-refractivity contribution >= 4 is 0 Å². The minimum Gasteiger partial charge on any atom is -0.334 e. The van der Waals surface area contributed by atoms with E-state index in [0.717, 1.165) is 5.82 Å². The van der Waals surface area contributed by atoms with Gasteiger partial charge in [-0.25, -0.2) is 4.98 Å². The number of hydrogen-bond acceptors (Lipinski definition) is 2. The first kappa shape index (κ1) is 14.0. The first-order chi connectivity index (χ1) is 7.88. The van der Waals surface area contributed by atoms with Gasteiger partial charge in [0.25, 0.3) is 0 Å².